The summed E-state index contributed by atoms with van der Waals surface area (Å²) >= 11 is 9.37. The highest BCUT2D eigenvalue weighted by Gasteiger charge is 2.26. The van der Waals surface area contributed by atoms with Crippen LogP contribution in [0.25, 0.3) is 0 Å². The number of carbonyl (C=O) groups excluding carboxylic acids is 1. The van der Waals surface area contributed by atoms with E-state index in [9.17, 15) is 13.2 Å². The number of fused-ring (bicyclic) bond motifs is 1. The number of sulfonamides is 1. The van der Waals surface area contributed by atoms with Gasteiger partial charge in [0.2, 0.25) is 10.0 Å². The van der Waals surface area contributed by atoms with Crippen LogP contribution in [0.4, 0.5) is 0 Å². The molecule has 1 atom stereocenters. The minimum Gasteiger partial charge on any atom is -0.469 e. The summed E-state index contributed by atoms with van der Waals surface area (Å²) in [6.07, 6.45) is 5.06. The topological polar surface area (TPSA) is 72.5 Å². The Labute approximate surface area is 197 Å². The second-order valence-corrected chi connectivity index (χ2v) is 10.7. The molecule has 31 heavy (non-hydrogen) atoms. The summed E-state index contributed by atoms with van der Waals surface area (Å²) in [4.78, 5) is 11.9. The number of halogens is 2. The molecule has 0 heterocycles. The van der Waals surface area contributed by atoms with Crippen molar-refractivity contribution in [1.29, 1.82) is 0 Å². The van der Waals surface area contributed by atoms with Crippen molar-refractivity contribution in [3.63, 3.8) is 0 Å². The van der Waals surface area contributed by atoms with Crippen LogP contribution in [-0.2, 0) is 45.2 Å². The summed E-state index contributed by atoms with van der Waals surface area (Å²) in [5.74, 6) is -0.218. The number of esters is 1. The fraction of sp³-hybridized carbons (Fsp3) is 0.435. The third-order valence-electron chi connectivity index (χ3n) is 5.57. The van der Waals surface area contributed by atoms with E-state index in [1.165, 1.54) is 41.5 Å². The van der Waals surface area contributed by atoms with Gasteiger partial charge in [0.25, 0.3) is 0 Å². The van der Waals surface area contributed by atoms with Gasteiger partial charge in [-0.3, -0.25) is 4.79 Å². The fourth-order valence-corrected chi connectivity index (χ4v) is 5.71. The first-order valence-corrected chi connectivity index (χ1v) is 13.3. The predicted molar refractivity (Wildman–Crippen MR) is 126 cm³/mol. The lowest BCUT2D eigenvalue weighted by atomic mass is 9.83. The van der Waals surface area contributed by atoms with E-state index in [0.717, 1.165) is 24.6 Å². The van der Waals surface area contributed by atoms with Crippen LogP contribution in [0.5, 0.6) is 0 Å². The molecule has 5 nitrogen and oxygen atoms in total. The molecule has 0 amide bonds. The van der Waals surface area contributed by atoms with Crippen molar-refractivity contribution in [1.82, 2.24) is 4.72 Å². The van der Waals surface area contributed by atoms with Gasteiger partial charge in [-0.15, -0.1) is 0 Å². The Hall–Kier alpha value is -1.41. The number of rotatable bonds is 9. The van der Waals surface area contributed by atoms with Gasteiger partial charge in [0.15, 0.2) is 0 Å². The number of hydrogen-bond acceptors (Lipinski definition) is 4. The van der Waals surface area contributed by atoms with Crippen molar-refractivity contribution < 1.29 is 17.9 Å². The van der Waals surface area contributed by atoms with Gasteiger partial charge in [-0.1, -0.05) is 39.7 Å². The smallest absolute Gasteiger partial charge is 0.305 e. The van der Waals surface area contributed by atoms with Gasteiger partial charge in [-0.05, 0) is 85.0 Å². The number of ether oxygens (including phenoxy) is 1. The molecule has 1 aliphatic rings. The fourth-order valence-electron chi connectivity index (χ4n) is 4.04. The quantitative estimate of drug-likeness (QED) is 0.381. The van der Waals surface area contributed by atoms with Crippen LogP contribution in [0.15, 0.2) is 41.3 Å². The van der Waals surface area contributed by atoms with Gasteiger partial charge in [0.1, 0.15) is 0 Å². The van der Waals surface area contributed by atoms with E-state index in [0.29, 0.717) is 30.7 Å². The van der Waals surface area contributed by atoms with Gasteiger partial charge in [0, 0.05) is 22.8 Å². The molecule has 1 unspecified atom stereocenters. The summed E-state index contributed by atoms with van der Waals surface area (Å²) in [5.41, 5.74) is 4.81. The Morgan fingerprint density at radius 1 is 1.23 bits per heavy atom. The van der Waals surface area contributed by atoms with Gasteiger partial charge in [0.05, 0.1) is 12.0 Å². The molecule has 0 radical (unpaired) electrons. The van der Waals surface area contributed by atoms with Crippen LogP contribution in [0.1, 0.15) is 41.5 Å². The molecule has 2 aromatic carbocycles. The molecule has 0 aliphatic heterocycles. The molecule has 8 heteroatoms. The Morgan fingerprint density at radius 2 is 1.97 bits per heavy atom. The minimum absolute atomic E-state index is 0.173. The third kappa shape index (κ3) is 6.54. The third-order valence-corrected chi connectivity index (χ3v) is 7.92. The van der Waals surface area contributed by atoms with E-state index in [4.69, 9.17) is 16.3 Å². The maximum absolute atomic E-state index is 12.8. The molecular weight excluding hydrogens is 502 g/mol. The second-order valence-electron chi connectivity index (χ2n) is 7.78. The van der Waals surface area contributed by atoms with Crippen LogP contribution in [0, 0.1) is 0 Å². The van der Waals surface area contributed by atoms with Gasteiger partial charge in [-0.2, -0.15) is 0 Å². The monoisotopic (exact) mass is 527 g/mol. The van der Waals surface area contributed by atoms with Gasteiger partial charge in [-0.25, -0.2) is 13.1 Å². The Bertz CT molecular complexity index is 1020. The average molecular weight is 529 g/mol. The summed E-state index contributed by atoms with van der Waals surface area (Å²) < 4.78 is 33.3. The van der Waals surface area contributed by atoms with E-state index >= 15 is 0 Å². The van der Waals surface area contributed by atoms with E-state index in [1.54, 1.807) is 12.1 Å². The molecule has 3 rings (SSSR count). The Morgan fingerprint density at radius 3 is 2.65 bits per heavy atom. The highest BCUT2D eigenvalue weighted by atomic mass is 79.9. The number of hydrogen-bond donors (Lipinski definition) is 1. The summed E-state index contributed by atoms with van der Waals surface area (Å²) in [5, 5.41) is 1.42. The van der Waals surface area contributed by atoms with Crippen LogP contribution in [-0.4, -0.2) is 32.9 Å². The van der Waals surface area contributed by atoms with Crippen LogP contribution in [0.3, 0.4) is 0 Å². The maximum Gasteiger partial charge on any atom is 0.305 e. The zero-order valence-electron chi connectivity index (χ0n) is 17.5. The number of carbonyl (C=O) groups is 1. The maximum atomic E-state index is 12.8. The molecule has 0 fully saturated rings. The highest BCUT2D eigenvalue weighted by Crippen LogP contribution is 2.29. The van der Waals surface area contributed by atoms with Crippen molar-refractivity contribution >= 4 is 43.5 Å². The zero-order chi connectivity index (χ0) is 22.4. The van der Waals surface area contributed by atoms with E-state index < -0.39 is 10.0 Å². The summed E-state index contributed by atoms with van der Waals surface area (Å²) in [6.45, 7) is 0. The Balaban J connectivity index is 1.80. The van der Waals surface area contributed by atoms with Crippen LogP contribution in [0.2, 0.25) is 5.02 Å². The van der Waals surface area contributed by atoms with Crippen LogP contribution >= 0.6 is 27.5 Å². The number of methoxy groups -OCH3 is 1. The second kappa shape index (κ2) is 10.9. The number of aryl methyl sites for hydroxylation is 2. The first-order chi connectivity index (χ1) is 14.8. The molecule has 1 N–H and O–H groups in total. The lowest BCUT2D eigenvalue weighted by Gasteiger charge is -2.28. The van der Waals surface area contributed by atoms with Crippen molar-refractivity contribution in [2.75, 3.05) is 12.4 Å². The Kier molecular flexibility index (Phi) is 8.56. The normalized spacial score (nSPS) is 16.0. The highest BCUT2D eigenvalue weighted by molar-refractivity contribution is 9.09. The molecule has 0 bridgehead atoms. The molecule has 0 saturated carbocycles. The SMILES string of the molecule is COC(=O)CCc1cc(CCCBr)cc2c1CCC(NS(=O)(=O)c1ccc(Cl)cc1)C2. The number of benzene rings is 2. The molecule has 168 valence electrons. The van der Waals surface area contributed by atoms with Gasteiger partial charge < -0.3 is 4.74 Å². The van der Waals surface area contributed by atoms with Crippen molar-refractivity contribution in [3.8, 4) is 0 Å². The number of nitrogens with one attached hydrogen (secondary N) is 1. The molecule has 0 spiro atoms. The van der Waals surface area contributed by atoms with Crippen molar-refractivity contribution in [3.05, 3.63) is 63.7 Å². The first-order valence-electron chi connectivity index (χ1n) is 10.4. The van der Waals surface area contributed by atoms with Crippen LogP contribution < -0.4 is 4.72 Å². The first kappa shape index (κ1) is 24.2. The van der Waals surface area contributed by atoms with Crippen molar-refractivity contribution in [2.45, 2.75) is 55.9 Å². The summed E-state index contributed by atoms with van der Waals surface area (Å²) in [7, 11) is -2.21. The lowest BCUT2D eigenvalue weighted by molar-refractivity contribution is -0.140. The molecule has 1 aliphatic carbocycles. The average Bonchev–Trinajstić information content (AvgIpc) is 2.75. The van der Waals surface area contributed by atoms with Crippen molar-refractivity contribution in [2.24, 2.45) is 0 Å². The molecule has 0 aromatic heterocycles. The standard InChI is InChI=1S/C23H27BrClNO4S/c1-30-23(27)11-4-17-13-16(3-2-12-24)14-18-15-20(7-10-22(17)18)26-31(28,29)21-8-5-19(25)6-9-21/h5-6,8-9,13-14,20,26H,2-4,7,10-12,15H2,1H3. The van der Waals surface area contributed by atoms with E-state index in [-0.39, 0.29) is 16.9 Å². The van der Waals surface area contributed by atoms with Gasteiger partial charge >= 0.3 is 5.97 Å². The zero-order valence-corrected chi connectivity index (χ0v) is 20.7. The number of alkyl halides is 1. The largest absolute Gasteiger partial charge is 0.469 e. The lowest BCUT2D eigenvalue weighted by Crippen LogP contribution is -2.39. The molecule has 0 saturated heterocycles. The minimum atomic E-state index is -3.61. The summed E-state index contributed by atoms with van der Waals surface area (Å²) in [6, 6.07) is 10.4. The predicted octanol–water partition coefficient (Wildman–Crippen LogP) is 4.61. The van der Waals surface area contributed by atoms with E-state index in [1.807, 2.05) is 0 Å². The van der Waals surface area contributed by atoms with E-state index in [2.05, 4.69) is 32.8 Å². The molecular formula is C23H27BrClNO4S. The molecule has 2 aromatic rings.